The van der Waals surface area contributed by atoms with Crippen LogP contribution in [0.2, 0.25) is 0 Å². The Bertz CT molecular complexity index is 1630. The summed E-state index contributed by atoms with van der Waals surface area (Å²) in [6.45, 7) is 0. The Hall–Kier alpha value is -4.63. The molecule has 0 aliphatic rings. The maximum absolute atomic E-state index is 13.5. The van der Waals surface area contributed by atoms with Crippen LogP contribution in [-0.4, -0.2) is 44.3 Å². The fourth-order valence-corrected chi connectivity index (χ4v) is 4.85. The number of methoxy groups -OCH3 is 4. The second kappa shape index (κ2) is 10.8. The number of carbonyl (C=O) groups excluding carboxylic acids is 1. The third kappa shape index (κ3) is 4.83. The Labute approximate surface area is 223 Å². The SMILES string of the molecule is COc1ccc(OC)c(-c2csc(NC(=O)c3cc(-c4ccc(OC)c(OC)c4)nc4ccccc34)n2)c1. The van der Waals surface area contributed by atoms with Crippen molar-refractivity contribution in [3.8, 4) is 45.5 Å². The van der Waals surface area contributed by atoms with Gasteiger partial charge in [-0.2, -0.15) is 0 Å². The van der Waals surface area contributed by atoms with Crippen LogP contribution in [0.25, 0.3) is 33.4 Å². The van der Waals surface area contributed by atoms with Gasteiger partial charge in [0.15, 0.2) is 16.6 Å². The molecule has 0 unspecified atom stereocenters. The highest BCUT2D eigenvalue weighted by atomic mass is 32.1. The molecule has 0 atom stereocenters. The van der Waals surface area contributed by atoms with Gasteiger partial charge in [0.05, 0.1) is 50.9 Å². The summed E-state index contributed by atoms with van der Waals surface area (Å²) in [5.74, 6) is 2.25. The largest absolute Gasteiger partial charge is 0.497 e. The summed E-state index contributed by atoms with van der Waals surface area (Å²) < 4.78 is 21.7. The molecule has 0 aliphatic carbocycles. The molecule has 2 aromatic heterocycles. The highest BCUT2D eigenvalue weighted by Gasteiger charge is 2.18. The number of nitrogens with one attached hydrogen (secondary N) is 1. The fraction of sp³-hybridized carbons (Fsp3) is 0.138. The van der Waals surface area contributed by atoms with Gasteiger partial charge < -0.3 is 18.9 Å². The molecule has 9 heteroatoms. The molecule has 1 amide bonds. The van der Waals surface area contributed by atoms with Crippen molar-refractivity contribution >= 4 is 33.3 Å². The number of rotatable bonds is 8. The normalized spacial score (nSPS) is 10.7. The standard InChI is InChI=1S/C29H25N3O5S/c1-34-18-10-12-25(35-2)21(14-18)24-16-38-29(31-24)32-28(33)20-15-23(30-22-8-6-5-7-19(20)22)17-9-11-26(36-3)27(13-17)37-4/h5-16H,1-4H3,(H,31,32,33). The number of ether oxygens (including phenoxy) is 4. The van der Waals surface area contributed by atoms with E-state index in [0.717, 1.165) is 16.5 Å². The third-order valence-electron chi connectivity index (χ3n) is 6.05. The van der Waals surface area contributed by atoms with E-state index in [1.54, 1.807) is 34.5 Å². The van der Waals surface area contributed by atoms with E-state index >= 15 is 0 Å². The molecular weight excluding hydrogens is 502 g/mol. The highest BCUT2D eigenvalue weighted by Crippen LogP contribution is 2.36. The molecular formula is C29H25N3O5S. The summed E-state index contributed by atoms with van der Waals surface area (Å²) >= 11 is 1.33. The van der Waals surface area contributed by atoms with Crippen LogP contribution in [0.1, 0.15) is 10.4 Å². The molecule has 1 N–H and O–H groups in total. The maximum atomic E-state index is 13.5. The van der Waals surface area contributed by atoms with E-state index in [1.807, 2.05) is 66.0 Å². The van der Waals surface area contributed by atoms with E-state index in [4.69, 9.17) is 23.9 Å². The Kier molecular flexibility index (Phi) is 7.10. The monoisotopic (exact) mass is 527 g/mol. The predicted molar refractivity (Wildman–Crippen MR) is 149 cm³/mol. The van der Waals surface area contributed by atoms with Crippen LogP contribution in [0.4, 0.5) is 5.13 Å². The number of thiazole rings is 1. The molecule has 38 heavy (non-hydrogen) atoms. The summed E-state index contributed by atoms with van der Waals surface area (Å²) in [4.78, 5) is 23.0. The van der Waals surface area contributed by atoms with Crippen molar-refractivity contribution < 1.29 is 23.7 Å². The van der Waals surface area contributed by atoms with Crippen LogP contribution in [0.15, 0.2) is 72.1 Å². The minimum atomic E-state index is -0.288. The Morgan fingerprint density at radius 1 is 0.763 bits per heavy atom. The van der Waals surface area contributed by atoms with Gasteiger partial charge in [-0.1, -0.05) is 18.2 Å². The number of carbonyl (C=O) groups is 1. The van der Waals surface area contributed by atoms with Crippen molar-refractivity contribution in [1.82, 2.24) is 9.97 Å². The second-order valence-corrected chi connectivity index (χ2v) is 9.06. The van der Waals surface area contributed by atoms with Crippen molar-refractivity contribution in [2.24, 2.45) is 0 Å². The molecule has 3 aromatic carbocycles. The number of hydrogen-bond donors (Lipinski definition) is 1. The summed E-state index contributed by atoms with van der Waals surface area (Å²) in [6, 6.07) is 20.3. The lowest BCUT2D eigenvalue weighted by atomic mass is 10.0. The van der Waals surface area contributed by atoms with Crippen molar-refractivity contribution in [2.75, 3.05) is 33.8 Å². The van der Waals surface area contributed by atoms with Gasteiger partial charge in [-0.3, -0.25) is 10.1 Å². The number of amides is 1. The van der Waals surface area contributed by atoms with Gasteiger partial charge >= 0.3 is 0 Å². The number of pyridine rings is 1. The van der Waals surface area contributed by atoms with E-state index in [-0.39, 0.29) is 5.91 Å². The zero-order chi connectivity index (χ0) is 26.6. The molecule has 0 saturated carbocycles. The Morgan fingerprint density at radius 2 is 1.53 bits per heavy atom. The Balaban J connectivity index is 1.50. The molecule has 0 spiro atoms. The number of hydrogen-bond acceptors (Lipinski definition) is 8. The molecule has 8 nitrogen and oxygen atoms in total. The van der Waals surface area contributed by atoms with Gasteiger partial charge in [0.25, 0.3) is 5.91 Å². The van der Waals surface area contributed by atoms with Gasteiger partial charge in [-0.05, 0) is 48.5 Å². The van der Waals surface area contributed by atoms with Crippen LogP contribution in [0, 0.1) is 0 Å². The second-order valence-electron chi connectivity index (χ2n) is 8.20. The molecule has 0 radical (unpaired) electrons. The minimum Gasteiger partial charge on any atom is -0.497 e. The lowest BCUT2D eigenvalue weighted by Crippen LogP contribution is -2.13. The minimum absolute atomic E-state index is 0.288. The van der Waals surface area contributed by atoms with E-state index in [2.05, 4.69) is 10.3 Å². The van der Waals surface area contributed by atoms with E-state index in [9.17, 15) is 4.79 Å². The number of benzene rings is 3. The van der Waals surface area contributed by atoms with Crippen molar-refractivity contribution in [1.29, 1.82) is 0 Å². The number of fused-ring (bicyclic) bond motifs is 1. The zero-order valence-corrected chi connectivity index (χ0v) is 22.1. The zero-order valence-electron chi connectivity index (χ0n) is 21.3. The smallest absolute Gasteiger partial charge is 0.258 e. The van der Waals surface area contributed by atoms with Gasteiger partial charge in [-0.25, -0.2) is 9.97 Å². The maximum Gasteiger partial charge on any atom is 0.258 e. The van der Waals surface area contributed by atoms with Crippen LogP contribution >= 0.6 is 11.3 Å². The topological polar surface area (TPSA) is 91.8 Å². The highest BCUT2D eigenvalue weighted by molar-refractivity contribution is 7.14. The van der Waals surface area contributed by atoms with Crippen LogP contribution < -0.4 is 24.3 Å². The van der Waals surface area contributed by atoms with Gasteiger partial charge in [0.2, 0.25) is 0 Å². The molecule has 0 aliphatic heterocycles. The summed E-state index contributed by atoms with van der Waals surface area (Å²) in [7, 11) is 6.37. The first-order valence-corrected chi connectivity index (χ1v) is 12.5. The first kappa shape index (κ1) is 25.0. The average Bonchev–Trinajstić information content (AvgIpc) is 3.43. The van der Waals surface area contributed by atoms with Gasteiger partial charge in [0, 0.05) is 21.9 Å². The number of anilines is 1. The van der Waals surface area contributed by atoms with E-state index in [0.29, 0.717) is 50.6 Å². The summed E-state index contributed by atoms with van der Waals surface area (Å²) in [5.41, 5.74) is 4.06. The van der Waals surface area contributed by atoms with Gasteiger partial charge in [0.1, 0.15) is 11.5 Å². The molecule has 0 bridgehead atoms. The summed E-state index contributed by atoms with van der Waals surface area (Å²) in [6.07, 6.45) is 0. The summed E-state index contributed by atoms with van der Waals surface area (Å²) in [5, 5.41) is 6.02. The first-order valence-electron chi connectivity index (χ1n) is 11.7. The number of para-hydroxylation sites is 1. The lowest BCUT2D eigenvalue weighted by molar-refractivity contribution is 0.102. The fourth-order valence-electron chi connectivity index (χ4n) is 4.14. The molecule has 0 saturated heterocycles. The number of aromatic nitrogens is 2. The first-order chi connectivity index (χ1) is 18.5. The van der Waals surface area contributed by atoms with E-state index in [1.165, 1.54) is 11.3 Å². The van der Waals surface area contributed by atoms with Crippen LogP contribution in [0.5, 0.6) is 23.0 Å². The molecule has 5 rings (SSSR count). The van der Waals surface area contributed by atoms with Crippen LogP contribution in [0.3, 0.4) is 0 Å². The molecule has 2 heterocycles. The number of nitrogens with zero attached hydrogens (tertiary/aromatic N) is 2. The van der Waals surface area contributed by atoms with Crippen LogP contribution in [-0.2, 0) is 0 Å². The predicted octanol–water partition coefficient (Wildman–Crippen LogP) is 6.31. The quantitative estimate of drug-likeness (QED) is 0.253. The Morgan fingerprint density at radius 3 is 2.29 bits per heavy atom. The molecule has 0 fully saturated rings. The molecule has 192 valence electrons. The lowest BCUT2D eigenvalue weighted by Gasteiger charge is -2.12. The van der Waals surface area contributed by atoms with Gasteiger partial charge in [-0.15, -0.1) is 11.3 Å². The molecule has 5 aromatic rings. The average molecular weight is 528 g/mol. The van der Waals surface area contributed by atoms with Crippen molar-refractivity contribution in [3.63, 3.8) is 0 Å². The van der Waals surface area contributed by atoms with E-state index < -0.39 is 0 Å². The van der Waals surface area contributed by atoms with Crippen molar-refractivity contribution in [2.45, 2.75) is 0 Å². The third-order valence-corrected chi connectivity index (χ3v) is 6.81. The van der Waals surface area contributed by atoms with Crippen molar-refractivity contribution in [3.05, 3.63) is 77.7 Å².